The Morgan fingerprint density at radius 3 is 2.57 bits per heavy atom. The van der Waals surface area contributed by atoms with Crippen LogP contribution in [0.25, 0.3) is 5.65 Å². The smallest absolute Gasteiger partial charge is 0.350 e. The van der Waals surface area contributed by atoms with E-state index in [1.54, 1.807) is 30.5 Å². The average molecular weight is 384 g/mol. The van der Waals surface area contributed by atoms with Crippen LogP contribution in [0.2, 0.25) is 0 Å². The van der Waals surface area contributed by atoms with Gasteiger partial charge in [-0.15, -0.1) is 5.10 Å². The number of rotatable bonds is 10. The van der Waals surface area contributed by atoms with E-state index in [0.717, 1.165) is 12.2 Å². The van der Waals surface area contributed by atoms with E-state index in [2.05, 4.69) is 10.4 Å². The summed E-state index contributed by atoms with van der Waals surface area (Å²) in [4.78, 5) is 24.0. The fraction of sp³-hybridized carbons (Fsp3) is 0.350. The maximum Gasteiger partial charge on any atom is 0.350 e. The normalized spacial score (nSPS) is 10.8. The number of ether oxygens (including phenoxy) is 2. The first-order chi connectivity index (χ1) is 13.7. The van der Waals surface area contributed by atoms with Crippen LogP contribution in [0.15, 0.2) is 53.5 Å². The lowest BCUT2D eigenvalue weighted by atomic mass is 10.3. The summed E-state index contributed by atoms with van der Waals surface area (Å²) in [5, 5.41) is 7.03. The Bertz CT molecular complexity index is 962. The minimum Gasteiger partial charge on any atom is -0.494 e. The van der Waals surface area contributed by atoms with Crippen LogP contribution in [0.5, 0.6) is 11.5 Å². The van der Waals surface area contributed by atoms with Crippen molar-refractivity contribution in [2.75, 3.05) is 19.8 Å². The van der Waals surface area contributed by atoms with Crippen LogP contribution in [-0.4, -0.2) is 39.8 Å². The molecule has 0 aliphatic rings. The molecule has 2 aromatic heterocycles. The van der Waals surface area contributed by atoms with Crippen molar-refractivity contribution in [3.63, 3.8) is 0 Å². The van der Waals surface area contributed by atoms with Gasteiger partial charge in [0, 0.05) is 19.3 Å². The van der Waals surface area contributed by atoms with Crippen molar-refractivity contribution in [1.29, 1.82) is 0 Å². The fourth-order valence-corrected chi connectivity index (χ4v) is 2.62. The second-order valence-corrected chi connectivity index (χ2v) is 6.25. The summed E-state index contributed by atoms with van der Waals surface area (Å²) in [6.45, 7) is 3.52. The second-order valence-electron chi connectivity index (χ2n) is 6.25. The molecule has 0 aliphatic carbocycles. The van der Waals surface area contributed by atoms with Crippen molar-refractivity contribution >= 4 is 11.6 Å². The Morgan fingerprint density at radius 1 is 1.11 bits per heavy atom. The lowest BCUT2D eigenvalue weighted by Gasteiger charge is -2.09. The maximum absolute atomic E-state index is 12.1. The molecule has 8 nitrogen and oxygen atoms in total. The number of aromatic nitrogens is 3. The molecule has 2 heterocycles. The van der Waals surface area contributed by atoms with E-state index < -0.39 is 0 Å². The number of pyridine rings is 1. The molecule has 1 aromatic carbocycles. The number of nitrogens with zero attached hydrogens (tertiary/aromatic N) is 3. The molecule has 0 radical (unpaired) electrons. The third-order valence-corrected chi connectivity index (χ3v) is 4.02. The van der Waals surface area contributed by atoms with Gasteiger partial charge >= 0.3 is 5.69 Å². The van der Waals surface area contributed by atoms with Crippen molar-refractivity contribution < 1.29 is 14.3 Å². The lowest BCUT2D eigenvalue weighted by Crippen LogP contribution is -2.31. The summed E-state index contributed by atoms with van der Waals surface area (Å²) in [5.41, 5.74) is 0.424. The van der Waals surface area contributed by atoms with Crippen molar-refractivity contribution in [2.24, 2.45) is 0 Å². The third-order valence-electron chi connectivity index (χ3n) is 4.02. The quantitative estimate of drug-likeness (QED) is 0.539. The van der Waals surface area contributed by atoms with Gasteiger partial charge in [-0.2, -0.15) is 0 Å². The monoisotopic (exact) mass is 384 g/mol. The number of hydrogen-bond donors (Lipinski definition) is 1. The molecule has 0 saturated heterocycles. The lowest BCUT2D eigenvalue weighted by molar-refractivity contribution is -0.123. The zero-order chi connectivity index (χ0) is 19.8. The van der Waals surface area contributed by atoms with Gasteiger partial charge in [-0.25, -0.2) is 9.48 Å². The van der Waals surface area contributed by atoms with Gasteiger partial charge < -0.3 is 14.8 Å². The van der Waals surface area contributed by atoms with Crippen LogP contribution < -0.4 is 20.5 Å². The fourth-order valence-electron chi connectivity index (χ4n) is 2.62. The molecule has 3 rings (SSSR count). The third kappa shape index (κ3) is 5.12. The van der Waals surface area contributed by atoms with Gasteiger partial charge in [0.15, 0.2) is 12.3 Å². The molecule has 1 amide bonds. The highest BCUT2D eigenvalue weighted by atomic mass is 16.5. The minimum absolute atomic E-state index is 0.0660. The first kappa shape index (κ1) is 19.5. The summed E-state index contributed by atoms with van der Waals surface area (Å²) < 4.78 is 13.9. The molecule has 148 valence electrons. The van der Waals surface area contributed by atoms with Crippen LogP contribution in [0, 0.1) is 0 Å². The SMILES string of the molecule is CCCOc1ccc(OCC(=O)NCCCn2nc3ccccn3c2=O)cc1. The molecular formula is C20H24N4O4. The van der Waals surface area contributed by atoms with Gasteiger partial charge in [-0.3, -0.25) is 9.20 Å². The molecule has 0 saturated carbocycles. The molecule has 0 aliphatic heterocycles. The Hall–Kier alpha value is -3.29. The highest BCUT2D eigenvalue weighted by molar-refractivity contribution is 5.77. The molecule has 0 unspecified atom stereocenters. The molecule has 0 bridgehead atoms. The van der Waals surface area contributed by atoms with Crippen LogP contribution in [0.1, 0.15) is 19.8 Å². The first-order valence-electron chi connectivity index (χ1n) is 9.34. The van der Waals surface area contributed by atoms with Gasteiger partial charge in [0.1, 0.15) is 11.5 Å². The summed E-state index contributed by atoms with van der Waals surface area (Å²) in [5.74, 6) is 1.17. The summed E-state index contributed by atoms with van der Waals surface area (Å²) in [6, 6.07) is 12.6. The number of hydrogen-bond acceptors (Lipinski definition) is 5. The molecule has 1 N–H and O–H groups in total. The molecule has 8 heteroatoms. The molecule has 0 spiro atoms. The van der Waals surface area contributed by atoms with Gasteiger partial charge in [-0.05, 0) is 49.2 Å². The largest absolute Gasteiger partial charge is 0.494 e. The maximum atomic E-state index is 12.1. The van der Waals surface area contributed by atoms with Gasteiger partial charge in [0.05, 0.1) is 6.61 Å². The van der Waals surface area contributed by atoms with Crippen molar-refractivity contribution in [3.8, 4) is 11.5 Å². The van der Waals surface area contributed by atoms with E-state index >= 15 is 0 Å². The zero-order valence-corrected chi connectivity index (χ0v) is 15.8. The Morgan fingerprint density at radius 2 is 1.86 bits per heavy atom. The summed E-state index contributed by atoms with van der Waals surface area (Å²) in [6.07, 6.45) is 3.23. The minimum atomic E-state index is -0.214. The van der Waals surface area contributed by atoms with E-state index in [4.69, 9.17) is 9.47 Å². The van der Waals surface area contributed by atoms with E-state index in [9.17, 15) is 9.59 Å². The number of carbonyl (C=O) groups excluding carboxylic acids is 1. The predicted molar refractivity (Wildman–Crippen MR) is 105 cm³/mol. The number of fused-ring (bicyclic) bond motifs is 1. The second kappa shape index (κ2) is 9.59. The van der Waals surface area contributed by atoms with Crippen LogP contribution in [-0.2, 0) is 11.3 Å². The predicted octanol–water partition coefficient (Wildman–Crippen LogP) is 1.87. The van der Waals surface area contributed by atoms with Gasteiger partial charge in [-0.1, -0.05) is 13.0 Å². The number of aryl methyl sites for hydroxylation is 1. The highest BCUT2D eigenvalue weighted by Crippen LogP contribution is 2.17. The van der Waals surface area contributed by atoms with E-state index in [0.29, 0.717) is 37.5 Å². The van der Waals surface area contributed by atoms with Crippen molar-refractivity contribution in [3.05, 3.63) is 59.1 Å². The average Bonchev–Trinajstić information content (AvgIpc) is 3.05. The summed E-state index contributed by atoms with van der Waals surface area (Å²) in [7, 11) is 0. The highest BCUT2D eigenvalue weighted by Gasteiger charge is 2.06. The van der Waals surface area contributed by atoms with Gasteiger partial charge in [0.25, 0.3) is 5.91 Å². The number of amides is 1. The molecule has 0 fully saturated rings. The molecule has 3 aromatic rings. The van der Waals surface area contributed by atoms with Crippen LogP contribution >= 0.6 is 0 Å². The van der Waals surface area contributed by atoms with E-state index in [1.165, 1.54) is 9.08 Å². The van der Waals surface area contributed by atoms with E-state index in [-0.39, 0.29) is 18.2 Å². The van der Waals surface area contributed by atoms with Gasteiger partial charge in [0.2, 0.25) is 0 Å². The Labute approximate surface area is 162 Å². The molecule has 0 atom stereocenters. The Kier molecular flexibility index (Phi) is 6.67. The van der Waals surface area contributed by atoms with E-state index in [1.807, 2.05) is 25.1 Å². The number of benzene rings is 1. The first-order valence-corrected chi connectivity index (χ1v) is 9.34. The van der Waals surface area contributed by atoms with Crippen molar-refractivity contribution in [1.82, 2.24) is 19.5 Å². The van der Waals surface area contributed by atoms with Crippen LogP contribution in [0.4, 0.5) is 0 Å². The van der Waals surface area contributed by atoms with Crippen LogP contribution in [0.3, 0.4) is 0 Å². The zero-order valence-electron chi connectivity index (χ0n) is 15.8. The summed E-state index contributed by atoms with van der Waals surface area (Å²) >= 11 is 0. The molecular weight excluding hydrogens is 360 g/mol. The number of carbonyl (C=O) groups is 1. The number of nitrogens with one attached hydrogen (secondary N) is 1. The molecule has 28 heavy (non-hydrogen) atoms. The van der Waals surface area contributed by atoms with Crippen molar-refractivity contribution in [2.45, 2.75) is 26.3 Å². The topological polar surface area (TPSA) is 86.9 Å². The standard InChI is InChI=1S/C20H24N4O4/c1-2-14-27-16-7-9-17(10-8-16)28-15-19(25)21-11-5-13-24-20(26)23-12-4-3-6-18(23)22-24/h3-4,6-10,12H,2,5,11,13-15H2,1H3,(H,21,25). The Balaban J connectivity index is 1.37.